The van der Waals surface area contributed by atoms with Crippen molar-refractivity contribution < 1.29 is 19.7 Å². The van der Waals surface area contributed by atoms with Crippen LogP contribution < -0.4 is 9.47 Å². The van der Waals surface area contributed by atoms with Crippen LogP contribution in [0.25, 0.3) is 11.1 Å². The van der Waals surface area contributed by atoms with Gasteiger partial charge in [-0.3, -0.25) is 0 Å². The first-order valence-corrected chi connectivity index (χ1v) is 7.08. The number of methoxy groups -OCH3 is 2. The molecule has 0 spiro atoms. The molecule has 0 fully saturated rings. The zero-order valence-corrected chi connectivity index (χ0v) is 13.9. The third-order valence-electron chi connectivity index (χ3n) is 4.10. The summed E-state index contributed by atoms with van der Waals surface area (Å²) in [4.78, 5) is 0. The van der Waals surface area contributed by atoms with Crippen molar-refractivity contribution in [3.63, 3.8) is 0 Å². The quantitative estimate of drug-likeness (QED) is 0.899. The number of phenols is 2. The lowest BCUT2D eigenvalue weighted by atomic mass is 9.90. The van der Waals surface area contributed by atoms with Gasteiger partial charge in [-0.1, -0.05) is 0 Å². The molecule has 0 unspecified atom stereocenters. The predicted octanol–water partition coefficient (Wildman–Crippen LogP) is 4.02. The first-order chi connectivity index (χ1) is 10.3. The fourth-order valence-electron chi connectivity index (χ4n) is 2.79. The average Bonchev–Trinajstić information content (AvgIpc) is 2.49. The second-order valence-corrected chi connectivity index (χ2v) is 5.49. The third kappa shape index (κ3) is 2.34. The van der Waals surface area contributed by atoms with E-state index in [1.165, 1.54) is 0 Å². The van der Waals surface area contributed by atoms with Crippen LogP contribution >= 0.6 is 0 Å². The number of hydrogen-bond acceptors (Lipinski definition) is 4. The van der Waals surface area contributed by atoms with Crippen LogP contribution in [0.15, 0.2) is 12.1 Å². The van der Waals surface area contributed by atoms with E-state index in [0.717, 1.165) is 11.1 Å². The SMILES string of the molecule is COc1cc(C)c(-c2c(C)cc(OC)c(C)c2O)c(O)c1C. The van der Waals surface area contributed by atoms with Gasteiger partial charge in [-0.25, -0.2) is 0 Å². The highest BCUT2D eigenvalue weighted by molar-refractivity contribution is 5.84. The fraction of sp³-hybridized carbons (Fsp3) is 0.333. The number of rotatable bonds is 3. The van der Waals surface area contributed by atoms with Crippen LogP contribution in [0.3, 0.4) is 0 Å². The average molecular weight is 302 g/mol. The maximum absolute atomic E-state index is 10.6. The normalized spacial score (nSPS) is 10.6. The summed E-state index contributed by atoms with van der Waals surface area (Å²) in [6.07, 6.45) is 0. The van der Waals surface area contributed by atoms with Gasteiger partial charge in [0.1, 0.15) is 23.0 Å². The molecule has 0 aliphatic rings. The van der Waals surface area contributed by atoms with Gasteiger partial charge in [0.15, 0.2) is 0 Å². The molecule has 0 amide bonds. The van der Waals surface area contributed by atoms with Crippen LogP contribution in [0.1, 0.15) is 22.3 Å². The van der Waals surface area contributed by atoms with Crippen molar-refractivity contribution in [2.45, 2.75) is 27.7 Å². The minimum absolute atomic E-state index is 0.125. The van der Waals surface area contributed by atoms with E-state index in [4.69, 9.17) is 9.47 Å². The summed E-state index contributed by atoms with van der Waals surface area (Å²) in [5, 5.41) is 21.2. The molecular formula is C18H22O4. The minimum Gasteiger partial charge on any atom is -0.507 e. The highest BCUT2D eigenvalue weighted by atomic mass is 16.5. The van der Waals surface area contributed by atoms with Gasteiger partial charge in [0.2, 0.25) is 0 Å². The first kappa shape index (κ1) is 16.0. The predicted molar refractivity (Wildman–Crippen MR) is 87.3 cm³/mol. The van der Waals surface area contributed by atoms with Gasteiger partial charge in [-0.05, 0) is 51.0 Å². The minimum atomic E-state index is 0.125. The monoisotopic (exact) mass is 302 g/mol. The molecule has 0 heterocycles. The van der Waals surface area contributed by atoms with E-state index in [1.54, 1.807) is 28.1 Å². The second kappa shape index (κ2) is 5.79. The van der Waals surface area contributed by atoms with Crippen molar-refractivity contribution in [1.82, 2.24) is 0 Å². The molecule has 2 N–H and O–H groups in total. The number of ether oxygens (including phenoxy) is 2. The van der Waals surface area contributed by atoms with Crippen LogP contribution in [-0.4, -0.2) is 24.4 Å². The largest absolute Gasteiger partial charge is 0.507 e. The van der Waals surface area contributed by atoms with Gasteiger partial charge < -0.3 is 19.7 Å². The van der Waals surface area contributed by atoms with Gasteiger partial charge in [0, 0.05) is 22.3 Å². The summed E-state index contributed by atoms with van der Waals surface area (Å²) >= 11 is 0. The molecule has 0 aliphatic heterocycles. The molecule has 22 heavy (non-hydrogen) atoms. The summed E-state index contributed by atoms with van der Waals surface area (Å²) in [6.45, 7) is 7.35. The number of aryl methyl sites for hydroxylation is 2. The maximum Gasteiger partial charge on any atom is 0.130 e. The molecule has 0 saturated carbocycles. The summed E-state index contributed by atoms with van der Waals surface area (Å²) in [5.41, 5.74) is 4.22. The Morgan fingerprint density at radius 3 is 1.27 bits per heavy atom. The Bertz CT molecular complexity index is 669. The van der Waals surface area contributed by atoms with E-state index in [1.807, 2.05) is 26.0 Å². The molecule has 0 radical (unpaired) electrons. The van der Waals surface area contributed by atoms with Crippen molar-refractivity contribution in [2.24, 2.45) is 0 Å². The van der Waals surface area contributed by atoms with Crippen LogP contribution in [0.4, 0.5) is 0 Å². The summed E-state index contributed by atoms with van der Waals surface area (Å²) in [6, 6.07) is 3.73. The molecular weight excluding hydrogens is 280 g/mol. The van der Waals surface area contributed by atoms with E-state index < -0.39 is 0 Å². The summed E-state index contributed by atoms with van der Waals surface area (Å²) in [5.74, 6) is 1.50. The lowest BCUT2D eigenvalue weighted by Gasteiger charge is -2.19. The Morgan fingerprint density at radius 2 is 1.00 bits per heavy atom. The molecule has 0 aliphatic carbocycles. The first-order valence-electron chi connectivity index (χ1n) is 7.08. The lowest BCUT2D eigenvalue weighted by Crippen LogP contribution is -1.97. The molecule has 118 valence electrons. The molecule has 0 saturated heterocycles. The van der Waals surface area contributed by atoms with Crippen molar-refractivity contribution in [3.05, 3.63) is 34.4 Å². The summed E-state index contributed by atoms with van der Waals surface area (Å²) < 4.78 is 10.6. The van der Waals surface area contributed by atoms with Crippen molar-refractivity contribution in [1.29, 1.82) is 0 Å². The highest BCUT2D eigenvalue weighted by Crippen LogP contribution is 2.47. The van der Waals surface area contributed by atoms with E-state index in [-0.39, 0.29) is 11.5 Å². The molecule has 0 bridgehead atoms. The fourth-order valence-corrected chi connectivity index (χ4v) is 2.79. The van der Waals surface area contributed by atoms with E-state index in [0.29, 0.717) is 33.8 Å². The Kier molecular flexibility index (Phi) is 4.22. The van der Waals surface area contributed by atoms with Crippen LogP contribution in [0.2, 0.25) is 0 Å². The van der Waals surface area contributed by atoms with Crippen molar-refractivity contribution in [2.75, 3.05) is 14.2 Å². The number of aromatic hydroxyl groups is 2. The molecule has 4 heteroatoms. The maximum atomic E-state index is 10.6. The van der Waals surface area contributed by atoms with Gasteiger partial charge in [0.25, 0.3) is 0 Å². The van der Waals surface area contributed by atoms with Gasteiger partial charge in [-0.2, -0.15) is 0 Å². The molecule has 2 aromatic carbocycles. The third-order valence-corrected chi connectivity index (χ3v) is 4.10. The highest BCUT2D eigenvalue weighted by Gasteiger charge is 2.21. The van der Waals surface area contributed by atoms with Crippen LogP contribution in [0.5, 0.6) is 23.0 Å². The Morgan fingerprint density at radius 1 is 0.682 bits per heavy atom. The second-order valence-electron chi connectivity index (χ2n) is 5.49. The zero-order chi connectivity index (χ0) is 16.6. The smallest absolute Gasteiger partial charge is 0.130 e. The molecule has 2 rings (SSSR count). The number of hydrogen-bond donors (Lipinski definition) is 2. The van der Waals surface area contributed by atoms with Crippen LogP contribution in [0, 0.1) is 27.7 Å². The standard InChI is InChI=1S/C18H22O4/c1-9-7-13(21-5)11(3)17(19)15(9)16-10(2)8-14(22-6)12(4)18(16)20/h7-8,19-20H,1-6H3. The number of phenolic OH excluding ortho intramolecular Hbond substituents is 2. The van der Waals surface area contributed by atoms with E-state index in [2.05, 4.69) is 0 Å². The topological polar surface area (TPSA) is 58.9 Å². The number of benzene rings is 2. The Hall–Kier alpha value is -2.36. The van der Waals surface area contributed by atoms with Crippen molar-refractivity contribution >= 4 is 0 Å². The zero-order valence-electron chi connectivity index (χ0n) is 13.9. The van der Waals surface area contributed by atoms with Gasteiger partial charge in [0.05, 0.1) is 14.2 Å². The molecule has 2 aromatic rings. The lowest BCUT2D eigenvalue weighted by molar-refractivity contribution is 0.400. The molecule has 4 nitrogen and oxygen atoms in total. The van der Waals surface area contributed by atoms with Crippen molar-refractivity contribution in [3.8, 4) is 34.1 Å². The van der Waals surface area contributed by atoms with E-state index >= 15 is 0 Å². The Labute approximate surface area is 130 Å². The van der Waals surface area contributed by atoms with Crippen LogP contribution in [-0.2, 0) is 0 Å². The molecule has 0 atom stereocenters. The Balaban J connectivity index is 2.84. The van der Waals surface area contributed by atoms with Gasteiger partial charge >= 0.3 is 0 Å². The van der Waals surface area contributed by atoms with Gasteiger partial charge in [-0.15, -0.1) is 0 Å². The molecule has 0 aromatic heterocycles. The van der Waals surface area contributed by atoms with E-state index in [9.17, 15) is 10.2 Å². The summed E-state index contributed by atoms with van der Waals surface area (Å²) in [7, 11) is 3.14.